The van der Waals surface area contributed by atoms with Crippen molar-refractivity contribution in [1.29, 1.82) is 0 Å². The molecule has 0 radical (unpaired) electrons. The molecule has 1 aliphatic heterocycles. The molecule has 0 saturated carbocycles. The van der Waals surface area contributed by atoms with Crippen molar-refractivity contribution in [3.63, 3.8) is 0 Å². The first-order valence-corrected chi connectivity index (χ1v) is 6.59. The standard InChI is InChI=1S/C13H24N4O/c1-16(2)8-13(10-18)4-3-5-17(9-13)7-12-6-14-11-15-12/h6,11,18H,3-5,7-10H2,1-2H3,(H,14,15). The van der Waals surface area contributed by atoms with Crippen molar-refractivity contribution in [2.75, 3.05) is 40.3 Å². The van der Waals surface area contributed by atoms with Crippen LogP contribution < -0.4 is 0 Å². The molecule has 102 valence electrons. The van der Waals surface area contributed by atoms with Gasteiger partial charge in [-0.2, -0.15) is 0 Å². The lowest BCUT2D eigenvalue weighted by Crippen LogP contribution is -2.49. The molecule has 2 rings (SSSR count). The van der Waals surface area contributed by atoms with Crippen molar-refractivity contribution in [3.05, 3.63) is 18.2 Å². The fourth-order valence-electron chi connectivity index (χ4n) is 3.04. The van der Waals surface area contributed by atoms with Crippen molar-refractivity contribution in [3.8, 4) is 0 Å². The molecule has 0 bridgehead atoms. The number of H-pyrrole nitrogens is 1. The van der Waals surface area contributed by atoms with Gasteiger partial charge in [0, 0.05) is 36.9 Å². The van der Waals surface area contributed by atoms with Gasteiger partial charge in [0.15, 0.2) is 0 Å². The van der Waals surface area contributed by atoms with Crippen molar-refractivity contribution in [2.24, 2.45) is 5.41 Å². The Morgan fingerprint density at radius 1 is 1.56 bits per heavy atom. The molecule has 5 nitrogen and oxygen atoms in total. The summed E-state index contributed by atoms with van der Waals surface area (Å²) in [6.45, 7) is 4.18. The van der Waals surface area contributed by atoms with E-state index in [1.165, 1.54) is 0 Å². The van der Waals surface area contributed by atoms with Crippen LogP contribution >= 0.6 is 0 Å². The molecule has 0 aromatic carbocycles. The van der Waals surface area contributed by atoms with Gasteiger partial charge in [-0.25, -0.2) is 4.98 Å². The molecule has 0 amide bonds. The van der Waals surface area contributed by atoms with E-state index in [0.717, 1.165) is 44.7 Å². The van der Waals surface area contributed by atoms with E-state index in [1.54, 1.807) is 6.33 Å². The van der Waals surface area contributed by atoms with Gasteiger partial charge in [-0.15, -0.1) is 0 Å². The fraction of sp³-hybridized carbons (Fsp3) is 0.769. The number of hydrogen-bond acceptors (Lipinski definition) is 4. The van der Waals surface area contributed by atoms with Crippen molar-refractivity contribution < 1.29 is 5.11 Å². The number of nitrogens with one attached hydrogen (secondary N) is 1. The third kappa shape index (κ3) is 3.31. The van der Waals surface area contributed by atoms with Crippen LogP contribution in [0.25, 0.3) is 0 Å². The fourth-order valence-corrected chi connectivity index (χ4v) is 3.04. The Hall–Kier alpha value is -0.910. The van der Waals surface area contributed by atoms with Gasteiger partial charge in [-0.3, -0.25) is 4.90 Å². The lowest BCUT2D eigenvalue weighted by atomic mass is 9.80. The highest BCUT2D eigenvalue weighted by atomic mass is 16.3. The van der Waals surface area contributed by atoms with E-state index in [1.807, 2.05) is 6.20 Å². The maximum atomic E-state index is 9.76. The average Bonchev–Trinajstić information content (AvgIpc) is 2.81. The molecule has 2 heterocycles. The quantitative estimate of drug-likeness (QED) is 0.803. The summed E-state index contributed by atoms with van der Waals surface area (Å²) in [6, 6.07) is 0. The van der Waals surface area contributed by atoms with Gasteiger partial charge in [-0.05, 0) is 33.5 Å². The van der Waals surface area contributed by atoms with E-state index >= 15 is 0 Å². The van der Waals surface area contributed by atoms with Crippen LogP contribution in [0, 0.1) is 5.41 Å². The zero-order chi connectivity index (χ0) is 13.0. The van der Waals surface area contributed by atoms with E-state index in [2.05, 4.69) is 33.9 Å². The van der Waals surface area contributed by atoms with Crippen LogP contribution in [0.1, 0.15) is 18.5 Å². The van der Waals surface area contributed by atoms with Gasteiger partial charge < -0.3 is 15.0 Å². The second-order valence-electron chi connectivity index (χ2n) is 5.79. The molecule has 1 unspecified atom stereocenters. The summed E-state index contributed by atoms with van der Waals surface area (Å²) in [6.07, 6.45) is 5.86. The molecule has 1 atom stereocenters. The van der Waals surface area contributed by atoms with Crippen LogP contribution in [-0.2, 0) is 6.54 Å². The number of aromatic amines is 1. The molecule has 1 fully saturated rings. The minimum atomic E-state index is 0.0295. The van der Waals surface area contributed by atoms with Crippen LogP contribution in [0.4, 0.5) is 0 Å². The molecule has 1 aromatic heterocycles. The van der Waals surface area contributed by atoms with E-state index in [9.17, 15) is 5.11 Å². The Bertz CT molecular complexity index is 352. The van der Waals surface area contributed by atoms with E-state index in [-0.39, 0.29) is 12.0 Å². The van der Waals surface area contributed by atoms with E-state index < -0.39 is 0 Å². The second kappa shape index (κ2) is 5.82. The summed E-state index contributed by atoms with van der Waals surface area (Å²) in [4.78, 5) is 11.8. The molecule has 2 N–H and O–H groups in total. The van der Waals surface area contributed by atoms with Gasteiger partial charge >= 0.3 is 0 Å². The highest BCUT2D eigenvalue weighted by Crippen LogP contribution is 2.30. The molecule has 1 saturated heterocycles. The molecular weight excluding hydrogens is 228 g/mol. The maximum Gasteiger partial charge on any atom is 0.0922 e. The van der Waals surface area contributed by atoms with E-state index in [4.69, 9.17) is 0 Å². The molecule has 1 aromatic rings. The number of imidazole rings is 1. The lowest BCUT2D eigenvalue weighted by Gasteiger charge is -2.43. The zero-order valence-electron chi connectivity index (χ0n) is 11.4. The van der Waals surface area contributed by atoms with Gasteiger partial charge in [0.05, 0.1) is 12.9 Å². The van der Waals surface area contributed by atoms with Crippen LogP contribution in [0.2, 0.25) is 0 Å². The summed E-state index contributed by atoms with van der Waals surface area (Å²) in [5.41, 5.74) is 1.18. The maximum absolute atomic E-state index is 9.76. The van der Waals surface area contributed by atoms with E-state index in [0.29, 0.717) is 0 Å². The zero-order valence-corrected chi connectivity index (χ0v) is 11.4. The van der Waals surface area contributed by atoms with Gasteiger partial charge in [0.2, 0.25) is 0 Å². The summed E-state index contributed by atoms with van der Waals surface area (Å²) in [5, 5.41) is 9.76. The summed E-state index contributed by atoms with van der Waals surface area (Å²) >= 11 is 0. The normalized spacial score (nSPS) is 25.8. The third-order valence-corrected chi connectivity index (χ3v) is 3.68. The van der Waals surface area contributed by atoms with Gasteiger partial charge in [-0.1, -0.05) is 0 Å². The first-order chi connectivity index (χ1) is 8.63. The highest BCUT2D eigenvalue weighted by Gasteiger charge is 2.35. The first kappa shape index (κ1) is 13.5. The van der Waals surface area contributed by atoms with Crippen LogP contribution in [0.15, 0.2) is 12.5 Å². The number of nitrogens with zero attached hydrogens (tertiary/aromatic N) is 3. The molecule has 1 aliphatic rings. The minimum Gasteiger partial charge on any atom is -0.396 e. The monoisotopic (exact) mass is 252 g/mol. The van der Waals surface area contributed by atoms with Crippen LogP contribution in [0.3, 0.4) is 0 Å². The SMILES string of the molecule is CN(C)CC1(CO)CCCN(Cc2cnc[nH]2)C1. The molecule has 0 spiro atoms. The number of likely N-dealkylation sites (tertiary alicyclic amines) is 1. The van der Waals surface area contributed by atoms with Crippen LogP contribution in [-0.4, -0.2) is 65.2 Å². The number of piperidine rings is 1. The topological polar surface area (TPSA) is 55.4 Å². The largest absolute Gasteiger partial charge is 0.396 e. The number of aromatic nitrogens is 2. The number of hydrogen-bond donors (Lipinski definition) is 2. The predicted molar refractivity (Wildman–Crippen MR) is 71.2 cm³/mol. The highest BCUT2D eigenvalue weighted by molar-refractivity contribution is 4.96. The summed E-state index contributed by atoms with van der Waals surface area (Å²) < 4.78 is 0. The van der Waals surface area contributed by atoms with Crippen molar-refractivity contribution in [1.82, 2.24) is 19.8 Å². The Balaban J connectivity index is 1.98. The first-order valence-electron chi connectivity index (χ1n) is 6.59. The molecule has 18 heavy (non-hydrogen) atoms. The Morgan fingerprint density at radius 2 is 2.39 bits per heavy atom. The van der Waals surface area contributed by atoms with Gasteiger partial charge in [0.1, 0.15) is 0 Å². The number of aliphatic hydroxyl groups is 1. The summed E-state index contributed by atoms with van der Waals surface area (Å²) in [7, 11) is 4.15. The molecule has 0 aliphatic carbocycles. The molecular formula is C13H24N4O. The van der Waals surface area contributed by atoms with Crippen LogP contribution in [0.5, 0.6) is 0 Å². The predicted octanol–water partition coefficient (Wildman–Crippen LogP) is 0.546. The summed E-state index contributed by atoms with van der Waals surface area (Å²) in [5.74, 6) is 0. The average molecular weight is 252 g/mol. The van der Waals surface area contributed by atoms with Crippen molar-refractivity contribution in [2.45, 2.75) is 19.4 Å². The minimum absolute atomic E-state index is 0.0295. The third-order valence-electron chi connectivity index (χ3n) is 3.68. The molecule has 5 heteroatoms. The Kier molecular flexibility index (Phi) is 4.37. The second-order valence-corrected chi connectivity index (χ2v) is 5.79. The number of aliphatic hydroxyl groups excluding tert-OH is 1. The smallest absolute Gasteiger partial charge is 0.0922 e. The lowest BCUT2D eigenvalue weighted by molar-refractivity contribution is 0.0102. The van der Waals surface area contributed by atoms with Gasteiger partial charge in [0.25, 0.3) is 0 Å². The Morgan fingerprint density at radius 3 is 3.00 bits per heavy atom. The van der Waals surface area contributed by atoms with Crippen molar-refractivity contribution >= 4 is 0 Å². The number of rotatable bonds is 5. The Labute approximate surface area is 109 Å².